The largest absolute Gasteiger partial charge is 0.465 e. The Kier molecular flexibility index (Phi) is 4.57. The van der Waals surface area contributed by atoms with E-state index in [1.165, 1.54) is 13.2 Å². The van der Waals surface area contributed by atoms with Crippen LogP contribution in [0.1, 0.15) is 21.5 Å². The smallest absolute Gasteiger partial charge is 0.363 e. The van der Waals surface area contributed by atoms with Gasteiger partial charge in [-0.05, 0) is 35.9 Å². The molecule has 0 fully saturated rings. The zero-order valence-electron chi connectivity index (χ0n) is 12.7. The number of halogens is 1. The summed E-state index contributed by atoms with van der Waals surface area (Å²) >= 11 is 3.31. The van der Waals surface area contributed by atoms with Gasteiger partial charge in [0.2, 0.25) is 5.90 Å². The molecule has 0 aliphatic carbocycles. The van der Waals surface area contributed by atoms with Gasteiger partial charge in [-0.15, -0.1) is 0 Å². The standard InChI is InChI=1S/C18H12BrNO4/c1-23-17(21)14-10-13(19)8-7-12(14)9-15-18(22)24-16(20-15)11-5-3-2-4-6-11/h2-10H,1H3. The maximum absolute atomic E-state index is 12.0. The van der Waals surface area contributed by atoms with E-state index >= 15 is 0 Å². The van der Waals surface area contributed by atoms with E-state index in [2.05, 4.69) is 20.9 Å². The van der Waals surface area contributed by atoms with Crippen molar-refractivity contribution in [2.45, 2.75) is 0 Å². The van der Waals surface area contributed by atoms with Gasteiger partial charge in [0.15, 0.2) is 5.70 Å². The number of hydrogen-bond acceptors (Lipinski definition) is 5. The molecule has 1 heterocycles. The molecule has 0 saturated carbocycles. The van der Waals surface area contributed by atoms with Crippen LogP contribution in [-0.4, -0.2) is 24.9 Å². The molecule has 0 spiro atoms. The summed E-state index contributed by atoms with van der Waals surface area (Å²) in [6, 6.07) is 14.2. The predicted octanol–water partition coefficient (Wildman–Crippen LogP) is 3.58. The van der Waals surface area contributed by atoms with Crippen molar-refractivity contribution in [1.82, 2.24) is 0 Å². The second-order valence-corrected chi connectivity index (χ2v) is 5.84. The van der Waals surface area contributed by atoms with Crippen LogP contribution >= 0.6 is 15.9 Å². The first-order valence-corrected chi connectivity index (χ1v) is 7.83. The minimum absolute atomic E-state index is 0.126. The van der Waals surface area contributed by atoms with Crippen LogP contribution in [0.5, 0.6) is 0 Å². The molecule has 120 valence electrons. The summed E-state index contributed by atoms with van der Waals surface area (Å²) in [5.41, 5.74) is 1.69. The van der Waals surface area contributed by atoms with Crippen molar-refractivity contribution in [3.8, 4) is 0 Å². The third-order valence-corrected chi connectivity index (χ3v) is 3.85. The molecule has 2 aromatic rings. The summed E-state index contributed by atoms with van der Waals surface area (Å²) in [6.07, 6.45) is 1.51. The zero-order chi connectivity index (χ0) is 17.1. The van der Waals surface area contributed by atoms with Crippen molar-refractivity contribution in [1.29, 1.82) is 0 Å². The molecular formula is C18H12BrNO4. The molecule has 0 radical (unpaired) electrons. The molecule has 0 saturated heterocycles. The van der Waals surface area contributed by atoms with E-state index in [-0.39, 0.29) is 11.6 Å². The van der Waals surface area contributed by atoms with Crippen LogP contribution in [0.15, 0.2) is 63.7 Å². The highest BCUT2D eigenvalue weighted by molar-refractivity contribution is 9.10. The number of ether oxygens (including phenoxy) is 2. The van der Waals surface area contributed by atoms with Gasteiger partial charge in [0.05, 0.1) is 12.7 Å². The van der Waals surface area contributed by atoms with Gasteiger partial charge in [0.1, 0.15) is 0 Å². The zero-order valence-corrected chi connectivity index (χ0v) is 14.2. The van der Waals surface area contributed by atoms with Gasteiger partial charge >= 0.3 is 11.9 Å². The Labute approximate surface area is 146 Å². The predicted molar refractivity (Wildman–Crippen MR) is 92.5 cm³/mol. The van der Waals surface area contributed by atoms with E-state index in [1.807, 2.05) is 18.2 Å². The lowest BCUT2D eigenvalue weighted by atomic mass is 10.1. The third-order valence-electron chi connectivity index (χ3n) is 3.35. The minimum Gasteiger partial charge on any atom is -0.465 e. The number of esters is 2. The van der Waals surface area contributed by atoms with Crippen LogP contribution < -0.4 is 0 Å². The maximum atomic E-state index is 12.0. The molecule has 0 unspecified atom stereocenters. The minimum atomic E-state index is -0.562. The number of aliphatic imine (C=N–C) groups is 1. The Morgan fingerprint density at radius 3 is 2.67 bits per heavy atom. The summed E-state index contributed by atoms with van der Waals surface area (Å²) in [5, 5.41) is 0. The van der Waals surface area contributed by atoms with E-state index in [1.54, 1.807) is 30.3 Å². The molecular weight excluding hydrogens is 374 g/mol. The summed E-state index contributed by atoms with van der Waals surface area (Å²) < 4.78 is 10.7. The topological polar surface area (TPSA) is 65.0 Å². The van der Waals surface area contributed by atoms with Gasteiger partial charge in [-0.3, -0.25) is 0 Å². The summed E-state index contributed by atoms with van der Waals surface area (Å²) in [5.74, 6) is -0.821. The maximum Gasteiger partial charge on any atom is 0.363 e. The van der Waals surface area contributed by atoms with Gasteiger partial charge < -0.3 is 9.47 Å². The van der Waals surface area contributed by atoms with Crippen molar-refractivity contribution < 1.29 is 19.1 Å². The second-order valence-electron chi connectivity index (χ2n) is 4.93. The van der Waals surface area contributed by atoms with Gasteiger partial charge in [-0.1, -0.05) is 40.2 Å². The molecule has 1 aliphatic heterocycles. The quantitative estimate of drug-likeness (QED) is 0.598. The molecule has 2 aromatic carbocycles. The lowest BCUT2D eigenvalue weighted by molar-refractivity contribution is -0.129. The Morgan fingerprint density at radius 1 is 1.21 bits per heavy atom. The summed E-state index contributed by atoms with van der Waals surface area (Å²) in [7, 11) is 1.30. The average molecular weight is 386 g/mol. The highest BCUT2D eigenvalue weighted by Crippen LogP contribution is 2.23. The van der Waals surface area contributed by atoms with Gasteiger partial charge in [0, 0.05) is 10.0 Å². The van der Waals surface area contributed by atoms with Gasteiger partial charge in [-0.25, -0.2) is 14.6 Å². The van der Waals surface area contributed by atoms with E-state index < -0.39 is 11.9 Å². The number of nitrogens with zero attached hydrogens (tertiary/aromatic N) is 1. The number of benzene rings is 2. The van der Waals surface area contributed by atoms with Crippen molar-refractivity contribution in [3.05, 3.63) is 75.4 Å². The third kappa shape index (κ3) is 3.28. The highest BCUT2D eigenvalue weighted by Gasteiger charge is 2.24. The van der Waals surface area contributed by atoms with E-state index in [4.69, 9.17) is 9.47 Å². The Morgan fingerprint density at radius 2 is 1.96 bits per heavy atom. The lowest BCUT2D eigenvalue weighted by Crippen LogP contribution is -2.06. The SMILES string of the molecule is COC(=O)c1cc(Br)ccc1C=C1N=C(c2ccccc2)OC1=O. The van der Waals surface area contributed by atoms with Crippen LogP contribution in [0.2, 0.25) is 0 Å². The normalized spacial score (nSPS) is 15.2. The molecule has 24 heavy (non-hydrogen) atoms. The number of carbonyl (C=O) groups is 2. The van der Waals surface area contributed by atoms with E-state index in [0.29, 0.717) is 16.7 Å². The van der Waals surface area contributed by atoms with Crippen molar-refractivity contribution >= 4 is 39.8 Å². The second kappa shape index (κ2) is 6.80. The number of hydrogen-bond donors (Lipinski definition) is 0. The fraction of sp³-hybridized carbons (Fsp3) is 0.0556. The molecule has 0 amide bonds. The Balaban J connectivity index is 2.01. The van der Waals surface area contributed by atoms with Gasteiger partial charge in [0.25, 0.3) is 0 Å². The van der Waals surface area contributed by atoms with Crippen LogP contribution in [-0.2, 0) is 14.3 Å². The highest BCUT2D eigenvalue weighted by atomic mass is 79.9. The molecule has 6 heteroatoms. The first-order chi connectivity index (χ1) is 11.6. The number of carbonyl (C=O) groups excluding carboxylic acids is 2. The van der Waals surface area contributed by atoms with Crippen molar-refractivity contribution in [2.75, 3.05) is 7.11 Å². The number of methoxy groups -OCH3 is 1. The molecule has 0 bridgehead atoms. The first kappa shape index (κ1) is 16.1. The molecule has 5 nitrogen and oxygen atoms in total. The van der Waals surface area contributed by atoms with E-state index in [9.17, 15) is 9.59 Å². The summed E-state index contributed by atoms with van der Waals surface area (Å²) in [6.45, 7) is 0. The monoisotopic (exact) mass is 385 g/mol. The summed E-state index contributed by atoms with van der Waals surface area (Å²) in [4.78, 5) is 28.2. The first-order valence-electron chi connectivity index (χ1n) is 7.04. The van der Waals surface area contributed by atoms with Crippen molar-refractivity contribution in [2.24, 2.45) is 4.99 Å². The van der Waals surface area contributed by atoms with Crippen LogP contribution in [0, 0.1) is 0 Å². The fourth-order valence-corrected chi connectivity index (χ4v) is 2.56. The molecule has 0 N–H and O–H groups in total. The number of rotatable bonds is 3. The van der Waals surface area contributed by atoms with E-state index in [0.717, 1.165) is 4.47 Å². The molecule has 1 aliphatic rings. The number of cyclic esters (lactones) is 1. The fourth-order valence-electron chi connectivity index (χ4n) is 2.20. The Hall–Kier alpha value is -2.73. The van der Waals surface area contributed by atoms with Gasteiger partial charge in [-0.2, -0.15) is 0 Å². The molecule has 0 aromatic heterocycles. The Bertz CT molecular complexity index is 872. The lowest BCUT2D eigenvalue weighted by Gasteiger charge is -2.04. The van der Waals surface area contributed by atoms with Crippen LogP contribution in [0.3, 0.4) is 0 Å². The van der Waals surface area contributed by atoms with Crippen LogP contribution in [0.4, 0.5) is 0 Å². The molecule has 3 rings (SSSR count). The molecule has 0 atom stereocenters. The average Bonchev–Trinajstić information content (AvgIpc) is 2.97. The van der Waals surface area contributed by atoms with Crippen LogP contribution in [0.25, 0.3) is 6.08 Å². The van der Waals surface area contributed by atoms with Crippen molar-refractivity contribution in [3.63, 3.8) is 0 Å².